The molecular weight excluding hydrogens is 190 g/mol. The van der Waals surface area contributed by atoms with Crippen molar-refractivity contribution in [2.24, 2.45) is 0 Å². The average molecular weight is 207 g/mol. The van der Waals surface area contributed by atoms with Crippen LogP contribution in [-0.2, 0) is 11.3 Å². The highest BCUT2D eigenvalue weighted by molar-refractivity contribution is 5.01. The van der Waals surface area contributed by atoms with Crippen LogP contribution < -0.4 is 5.32 Å². The number of hydrogen-bond donors (Lipinski definition) is 1. The number of hydrogen-bond acceptors (Lipinski definition) is 4. The van der Waals surface area contributed by atoms with Gasteiger partial charge in [0.1, 0.15) is 5.82 Å². The molecule has 0 saturated carbocycles. The van der Waals surface area contributed by atoms with Gasteiger partial charge in [0.25, 0.3) is 0 Å². The van der Waals surface area contributed by atoms with Gasteiger partial charge in [-0.15, -0.1) is 0 Å². The van der Waals surface area contributed by atoms with Gasteiger partial charge >= 0.3 is 0 Å². The molecular formula is C11H17N3O. The summed E-state index contributed by atoms with van der Waals surface area (Å²) in [6.45, 7) is 5.67. The van der Waals surface area contributed by atoms with E-state index < -0.39 is 0 Å². The Bertz CT molecular complexity index is 329. The Morgan fingerprint density at radius 2 is 2.47 bits per heavy atom. The Labute approximate surface area is 90.1 Å². The van der Waals surface area contributed by atoms with Crippen LogP contribution >= 0.6 is 0 Å². The van der Waals surface area contributed by atoms with E-state index in [9.17, 15) is 0 Å². The smallest absolute Gasteiger partial charge is 0.125 e. The Morgan fingerprint density at radius 3 is 3.13 bits per heavy atom. The first kappa shape index (κ1) is 10.5. The molecule has 2 rings (SSSR count). The van der Waals surface area contributed by atoms with Crippen LogP contribution in [0.1, 0.15) is 24.9 Å². The summed E-state index contributed by atoms with van der Waals surface area (Å²) in [5.74, 6) is 0.824. The highest BCUT2D eigenvalue weighted by atomic mass is 16.5. The highest BCUT2D eigenvalue weighted by Gasteiger charge is 2.23. The van der Waals surface area contributed by atoms with Crippen LogP contribution in [0.5, 0.6) is 0 Å². The van der Waals surface area contributed by atoms with Crippen LogP contribution in [0.15, 0.2) is 12.3 Å². The van der Waals surface area contributed by atoms with Gasteiger partial charge in [0.15, 0.2) is 0 Å². The van der Waals surface area contributed by atoms with Gasteiger partial charge in [0, 0.05) is 25.4 Å². The van der Waals surface area contributed by atoms with E-state index in [2.05, 4.69) is 22.2 Å². The van der Waals surface area contributed by atoms with Crippen molar-refractivity contribution in [1.29, 1.82) is 0 Å². The molecule has 1 N–H and O–H groups in total. The molecule has 4 nitrogen and oxygen atoms in total. The lowest BCUT2D eigenvalue weighted by Crippen LogP contribution is -2.34. The standard InChI is InChI=1S/C11H17N3O/c1-8-11(4-6-15-8)13-7-10-3-5-12-9(2)14-10/h3,5,8,11,13H,4,6-7H2,1-2H3. The SMILES string of the molecule is Cc1nccc(CNC2CCOC2C)n1. The van der Waals surface area contributed by atoms with Gasteiger partial charge in [0.2, 0.25) is 0 Å². The van der Waals surface area contributed by atoms with Crippen molar-refractivity contribution in [3.63, 3.8) is 0 Å². The zero-order valence-corrected chi connectivity index (χ0v) is 9.23. The summed E-state index contributed by atoms with van der Waals surface area (Å²) in [5.41, 5.74) is 1.04. The van der Waals surface area contributed by atoms with Gasteiger partial charge in [0.05, 0.1) is 11.8 Å². The lowest BCUT2D eigenvalue weighted by molar-refractivity contribution is 0.113. The number of ether oxygens (including phenoxy) is 1. The molecule has 15 heavy (non-hydrogen) atoms. The molecule has 0 radical (unpaired) electrons. The van der Waals surface area contributed by atoms with Crippen LogP contribution in [0.3, 0.4) is 0 Å². The summed E-state index contributed by atoms with van der Waals surface area (Å²) in [7, 11) is 0. The van der Waals surface area contributed by atoms with E-state index in [1.165, 1.54) is 0 Å². The van der Waals surface area contributed by atoms with E-state index in [1.807, 2.05) is 13.0 Å². The second-order valence-corrected chi connectivity index (χ2v) is 3.95. The summed E-state index contributed by atoms with van der Waals surface area (Å²) < 4.78 is 5.48. The zero-order chi connectivity index (χ0) is 10.7. The minimum Gasteiger partial charge on any atom is -0.377 e. The first-order valence-corrected chi connectivity index (χ1v) is 5.39. The molecule has 0 amide bonds. The fourth-order valence-electron chi connectivity index (χ4n) is 1.84. The molecule has 82 valence electrons. The molecule has 2 unspecified atom stereocenters. The second-order valence-electron chi connectivity index (χ2n) is 3.95. The van der Waals surface area contributed by atoms with Crippen molar-refractivity contribution in [3.8, 4) is 0 Å². The quantitative estimate of drug-likeness (QED) is 0.805. The van der Waals surface area contributed by atoms with Crippen molar-refractivity contribution < 1.29 is 4.74 Å². The van der Waals surface area contributed by atoms with Crippen LogP contribution in [0.4, 0.5) is 0 Å². The van der Waals surface area contributed by atoms with Crippen molar-refractivity contribution >= 4 is 0 Å². The minimum atomic E-state index is 0.313. The van der Waals surface area contributed by atoms with Crippen molar-refractivity contribution in [1.82, 2.24) is 15.3 Å². The number of rotatable bonds is 3. The van der Waals surface area contributed by atoms with E-state index in [4.69, 9.17) is 4.74 Å². The molecule has 2 heterocycles. The summed E-state index contributed by atoms with van der Waals surface area (Å²) in [6.07, 6.45) is 3.20. The van der Waals surface area contributed by atoms with E-state index in [-0.39, 0.29) is 0 Å². The molecule has 1 aliphatic rings. The van der Waals surface area contributed by atoms with Gasteiger partial charge in [-0.05, 0) is 26.3 Å². The Hall–Kier alpha value is -1.00. The van der Waals surface area contributed by atoms with Crippen LogP contribution in [0, 0.1) is 6.92 Å². The fraction of sp³-hybridized carbons (Fsp3) is 0.636. The largest absolute Gasteiger partial charge is 0.377 e. The van der Waals surface area contributed by atoms with E-state index in [1.54, 1.807) is 6.20 Å². The summed E-state index contributed by atoms with van der Waals surface area (Å²) in [5, 5.41) is 3.46. The molecule has 1 aliphatic heterocycles. The van der Waals surface area contributed by atoms with Gasteiger partial charge in [-0.2, -0.15) is 0 Å². The molecule has 0 bridgehead atoms. The van der Waals surface area contributed by atoms with Crippen LogP contribution in [0.2, 0.25) is 0 Å². The lowest BCUT2D eigenvalue weighted by Gasteiger charge is -2.15. The third-order valence-corrected chi connectivity index (χ3v) is 2.76. The monoisotopic (exact) mass is 207 g/mol. The molecule has 4 heteroatoms. The van der Waals surface area contributed by atoms with Crippen LogP contribution in [-0.4, -0.2) is 28.7 Å². The third-order valence-electron chi connectivity index (χ3n) is 2.76. The lowest BCUT2D eigenvalue weighted by atomic mass is 10.1. The van der Waals surface area contributed by atoms with Gasteiger partial charge in [-0.3, -0.25) is 0 Å². The summed E-state index contributed by atoms with van der Waals surface area (Å²) in [6, 6.07) is 2.40. The first-order valence-electron chi connectivity index (χ1n) is 5.39. The third kappa shape index (κ3) is 2.73. The maximum atomic E-state index is 5.48. The van der Waals surface area contributed by atoms with Crippen LogP contribution in [0.25, 0.3) is 0 Å². The van der Waals surface area contributed by atoms with Gasteiger partial charge < -0.3 is 10.1 Å². The first-order chi connectivity index (χ1) is 7.25. The second kappa shape index (κ2) is 4.68. The summed E-state index contributed by atoms with van der Waals surface area (Å²) in [4.78, 5) is 8.42. The van der Waals surface area contributed by atoms with E-state index in [0.29, 0.717) is 12.1 Å². The molecule has 1 saturated heterocycles. The normalized spacial score (nSPS) is 25.7. The maximum Gasteiger partial charge on any atom is 0.125 e. The number of nitrogens with one attached hydrogen (secondary N) is 1. The van der Waals surface area contributed by atoms with Crippen molar-refractivity contribution in [2.45, 2.75) is 39.0 Å². The number of aromatic nitrogens is 2. The number of aryl methyl sites for hydroxylation is 1. The van der Waals surface area contributed by atoms with Crippen molar-refractivity contribution in [3.05, 3.63) is 23.8 Å². The maximum absolute atomic E-state index is 5.48. The Morgan fingerprint density at radius 1 is 1.60 bits per heavy atom. The number of nitrogens with zero attached hydrogens (tertiary/aromatic N) is 2. The highest BCUT2D eigenvalue weighted by Crippen LogP contribution is 2.12. The molecule has 1 aromatic heterocycles. The molecule has 0 aromatic carbocycles. The topological polar surface area (TPSA) is 47.0 Å². The Balaban J connectivity index is 1.87. The van der Waals surface area contributed by atoms with Gasteiger partial charge in [-0.1, -0.05) is 0 Å². The Kier molecular flexibility index (Phi) is 3.28. The average Bonchev–Trinajstić information content (AvgIpc) is 2.61. The van der Waals surface area contributed by atoms with E-state index in [0.717, 1.165) is 31.1 Å². The predicted molar refractivity (Wildman–Crippen MR) is 57.4 cm³/mol. The zero-order valence-electron chi connectivity index (χ0n) is 9.23. The molecule has 0 spiro atoms. The van der Waals surface area contributed by atoms with Gasteiger partial charge in [-0.25, -0.2) is 9.97 Å². The molecule has 1 aromatic rings. The summed E-state index contributed by atoms with van der Waals surface area (Å²) >= 11 is 0. The predicted octanol–water partition coefficient (Wildman–Crippen LogP) is 1.05. The minimum absolute atomic E-state index is 0.313. The van der Waals surface area contributed by atoms with E-state index >= 15 is 0 Å². The molecule has 0 aliphatic carbocycles. The molecule has 2 atom stereocenters. The van der Waals surface area contributed by atoms with Crippen molar-refractivity contribution in [2.75, 3.05) is 6.61 Å². The molecule has 1 fully saturated rings. The fourth-order valence-corrected chi connectivity index (χ4v) is 1.84.